The number of amides is 2. The Hall–Kier alpha value is -1.92. The van der Waals surface area contributed by atoms with Crippen LogP contribution in [0.3, 0.4) is 0 Å². The van der Waals surface area contributed by atoms with Gasteiger partial charge in [-0.3, -0.25) is 19.4 Å². The van der Waals surface area contributed by atoms with Gasteiger partial charge in [0.1, 0.15) is 0 Å². The second-order valence-electron chi connectivity index (χ2n) is 9.57. The molecule has 0 saturated carbocycles. The van der Waals surface area contributed by atoms with Crippen LogP contribution in [0.25, 0.3) is 0 Å². The maximum Gasteiger partial charge on any atom is 0.237 e. The Morgan fingerprint density at radius 1 is 1.00 bits per heavy atom. The third-order valence-electron chi connectivity index (χ3n) is 7.11. The molecule has 172 valence electrons. The van der Waals surface area contributed by atoms with Crippen molar-refractivity contribution >= 4 is 11.8 Å². The van der Waals surface area contributed by atoms with Gasteiger partial charge in [-0.2, -0.15) is 0 Å². The molecule has 2 heterocycles. The van der Waals surface area contributed by atoms with Gasteiger partial charge in [0.05, 0.1) is 6.04 Å². The van der Waals surface area contributed by atoms with Crippen molar-refractivity contribution in [1.82, 2.24) is 20.0 Å². The highest BCUT2D eigenvalue weighted by atomic mass is 16.2. The van der Waals surface area contributed by atoms with E-state index in [1.54, 1.807) is 0 Å². The summed E-state index contributed by atoms with van der Waals surface area (Å²) in [6, 6.07) is 10.9. The number of benzene rings is 1. The van der Waals surface area contributed by atoms with Gasteiger partial charge in [-0.1, -0.05) is 30.3 Å². The Morgan fingerprint density at radius 2 is 1.61 bits per heavy atom. The first kappa shape index (κ1) is 23.7. The molecule has 3 rings (SSSR count). The minimum atomic E-state index is -0.138. The largest absolute Gasteiger partial charge is 0.352 e. The van der Waals surface area contributed by atoms with Gasteiger partial charge in [-0.25, -0.2) is 0 Å². The van der Waals surface area contributed by atoms with Crippen LogP contribution in [0, 0.1) is 5.92 Å². The molecule has 1 aromatic rings. The summed E-state index contributed by atoms with van der Waals surface area (Å²) in [6.45, 7) is 10.7. The fourth-order valence-corrected chi connectivity index (χ4v) is 4.64. The lowest BCUT2D eigenvalue weighted by Gasteiger charge is -2.38. The number of likely N-dealkylation sites (tertiary alicyclic amines) is 2. The van der Waals surface area contributed by atoms with Crippen molar-refractivity contribution in [3.05, 3.63) is 35.9 Å². The van der Waals surface area contributed by atoms with Crippen molar-refractivity contribution in [3.8, 4) is 0 Å². The highest BCUT2D eigenvalue weighted by Crippen LogP contribution is 2.22. The summed E-state index contributed by atoms with van der Waals surface area (Å²) in [5.74, 6) is 0.465. The zero-order valence-electron chi connectivity index (χ0n) is 19.7. The van der Waals surface area contributed by atoms with Gasteiger partial charge in [-0.15, -0.1) is 0 Å². The normalized spacial score (nSPS) is 20.5. The van der Waals surface area contributed by atoms with Gasteiger partial charge in [0.25, 0.3) is 0 Å². The molecule has 2 fully saturated rings. The second-order valence-corrected chi connectivity index (χ2v) is 9.57. The van der Waals surface area contributed by atoms with E-state index in [-0.39, 0.29) is 35.9 Å². The summed E-state index contributed by atoms with van der Waals surface area (Å²) in [7, 11) is 1.89. The van der Waals surface area contributed by atoms with Gasteiger partial charge in [0.2, 0.25) is 11.8 Å². The molecular formula is C25H40N4O2. The van der Waals surface area contributed by atoms with E-state index < -0.39 is 0 Å². The van der Waals surface area contributed by atoms with Crippen LogP contribution in [0.1, 0.15) is 52.0 Å². The van der Waals surface area contributed by atoms with E-state index in [0.29, 0.717) is 0 Å². The summed E-state index contributed by atoms with van der Waals surface area (Å²) in [6.07, 6.45) is 3.68. The van der Waals surface area contributed by atoms with Crippen LogP contribution in [-0.2, 0) is 16.1 Å². The first-order valence-electron chi connectivity index (χ1n) is 11.9. The van der Waals surface area contributed by atoms with Gasteiger partial charge in [0, 0.05) is 44.7 Å². The smallest absolute Gasteiger partial charge is 0.237 e. The summed E-state index contributed by atoms with van der Waals surface area (Å²) in [5, 5.41) is 3.29. The Bertz CT molecular complexity index is 707. The lowest BCUT2D eigenvalue weighted by Crippen LogP contribution is -2.53. The highest BCUT2D eigenvalue weighted by molar-refractivity contribution is 5.82. The number of carbonyl (C=O) groups excluding carboxylic acids is 2. The quantitative estimate of drug-likeness (QED) is 0.726. The van der Waals surface area contributed by atoms with Crippen LogP contribution < -0.4 is 5.32 Å². The molecular weight excluding hydrogens is 388 g/mol. The number of carbonyl (C=O) groups is 2. The molecule has 6 heteroatoms. The first-order valence-corrected chi connectivity index (χ1v) is 11.9. The van der Waals surface area contributed by atoms with Crippen LogP contribution in [-0.4, -0.2) is 77.9 Å². The molecule has 1 unspecified atom stereocenters. The molecule has 2 aliphatic heterocycles. The summed E-state index contributed by atoms with van der Waals surface area (Å²) < 4.78 is 0. The summed E-state index contributed by atoms with van der Waals surface area (Å²) >= 11 is 0. The van der Waals surface area contributed by atoms with Crippen molar-refractivity contribution in [2.75, 3.05) is 33.2 Å². The molecule has 31 heavy (non-hydrogen) atoms. The first-order chi connectivity index (χ1) is 14.8. The molecule has 2 amide bonds. The van der Waals surface area contributed by atoms with Gasteiger partial charge >= 0.3 is 0 Å². The third-order valence-corrected chi connectivity index (χ3v) is 7.11. The van der Waals surface area contributed by atoms with Crippen LogP contribution in [0.4, 0.5) is 0 Å². The molecule has 0 bridgehead atoms. The SMILES string of the molecule is CC(C(=O)NC1CCN(Cc2ccccc2)CC1)N1CCC(C(=O)N(C)C(C)C)CC1. The maximum atomic E-state index is 12.9. The van der Waals surface area contributed by atoms with Crippen LogP contribution >= 0.6 is 0 Å². The molecule has 0 spiro atoms. The predicted molar refractivity (Wildman–Crippen MR) is 125 cm³/mol. The maximum absolute atomic E-state index is 12.9. The molecule has 0 aromatic heterocycles. The molecule has 2 aliphatic rings. The Balaban J connectivity index is 1.39. The Labute approximate surface area is 188 Å². The Kier molecular flexibility index (Phi) is 8.50. The van der Waals surface area contributed by atoms with Crippen molar-refractivity contribution < 1.29 is 9.59 Å². The van der Waals surface area contributed by atoms with Crippen molar-refractivity contribution in [3.63, 3.8) is 0 Å². The van der Waals surface area contributed by atoms with Gasteiger partial charge < -0.3 is 10.2 Å². The van der Waals surface area contributed by atoms with Crippen molar-refractivity contribution in [2.24, 2.45) is 5.92 Å². The average molecular weight is 429 g/mol. The fourth-order valence-electron chi connectivity index (χ4n) is 4.64. The van der Waals surface area contributed by atoms with E-state index in [2.05, 4.69) is 45.4 Å². The minimum absolute atomic E-state index is 0.0906. The number of hydrogen-bond acceptors (Lipinski definition) is 4. The summed E-state index contributed by atoms with van der Waals surface area (Å²) in [4.78, 5) is 32.0. The van der Waals surface area contributed by atoms with Crippen LogP contribution in [0.5, 0.6) is 0 Å². The van der Waals surface area contributed by atoms with E-state index in [9.17, 15) is 9.59 Å². The molecule has 1 atom stereocenters. The lowest BCUT2D eigenvalue weighted by molar-refractivity contribution is -0.137. The van der Waals surface area contributed by atoms with E-state index in [0.717, 1.165) is 58.4 Å². The van der Waals surface area contributed by atoms with E-state index in [1.807, 2.05) is 32.7 Å². The van der Waals surface area contributed by atoms with Gasteiger partial charge in [-0.05, 0) is 65.1 Å². The molecule has 1 N–H and O–H groups in total. The van der Waals surface area contributed by atoms with Crippen LogP contribution in [0.15, 0.2) is 30.3 Å². The third kappa shape index (κ3) is 6.53. The van der Waals surface area contributed by atoms with E-state index >= 15 is 0 Å². The molecule has 2 saturated heterocycles. The molecule has 6 nitrogen and oxygen atoms in total. The van der Waals surface area contributed by atoms with Crippen molar-refractivity contribution in [2.45, 2.75) is 71.1 Å². The van der Waals surface area contributed by atoms with Gasteiger partial charge in [0.15, 0.2) is 0 Å². The van der Waals surface area contributed by atoms with Crippen molar-refractivity contribution in [1.29, 1.82) is 0 Å². The monoisotopic (exact) mass is 428 g/mol. The molecule has 1 aromatic carbocycles. The number of rotatable bonds is 7. The van der Waals surface area contributed by atoms with E-state index in [1.165, 1.54) is 5.56 Å². The number of hydrogen-bond donors (Lipinski definition) is 1. The fraction of sp³-hybridized carbons (Fsp3) is 0.680. The summed E-state index contributed by atoms with van der Waals surface area (Å²) in [5.41, 5.74) is 1.35. The Morgan fingerprint density at radius 3 is 2.19 bits per heavy atom. The number of piperidine rings is 2. The minimum Gasteiger partial charge on any atom is -0.352 e. The molecule has 0 radical (unpaired) electrons. The number of nitrogens with zero attached hydrogens (tertiary/aromatic N) is 3. The predicted octanol–water partition coefficient (Wildman–Crippen LogP) is 2.73. The second kappa shape index (κ2) is 11.1. The zero-order valence-corrected chi connectivity index (χ0v) is 19.7. The highest BCUT2D eigenvalue weighted by Gasteiger charge is 2.32. The average Bonchev–Trinajstić information content (AvgIpc) is 2.79. The standard InChI is InChI=1S/C25H40N4O2/c1-19(2)27(4)25(31)22-10-16-29(17-11-22)20(3)24(30)26-23-12-14-28(15-13-23)18-21-8-6-5-7-9-21/h5-9,19-20,22-23H,10-18H2,1-4H3,(H,26,30). The molecule has 0 aliphatic carbocycles. The topological polar surface area (TPSA) is 55.9 Å². The number of nitrogens with one attached hydrogen (secondary N) is 1. The zero-order chi connectivity index (χ0) is 22.4. The lowest BCUT2D eigenvalue weighted by atomic mass is 9.94. The van der Waals surface area contributed by atoms with E-state index in [4.69, 9.17) is 0 Å². The van der Waals surface area contributed by atoms with Crippen LogP contribution in [0.2, 0.25) is 0 Å².